The van der Waals surface area contributed by atoms with E-state index < -0.39 is 22.2 Å². The summed E-state index contributed by atoms with van der Waals surface area (Å²) in [6.45, 7) is 0. The summed E-state index contributed by atoms with van der Waals surface area (Å²) in [6.07, 6.45) is -2.66. The average Bonchev–Trinajstić information content (AvgIpc) is 2.95. The third-order valence-electron chi connectivity index (χ3n) is 2.42. The molecule has 1 N–H and O–H groups in total. The molecule has 0 radical (unpaired) electrons. The normalized spacial score (nSPS) is 14.4. The molecule has 0 aromatic carbocycles. The highest BCUT2D eigenvalue weighted by Gasteiger charge is 2.44. The Bertz CT molecular complexity index is 677. The van der Waals surface area contributed by atoms with E-state index in [1.165, 1.54) is 29.2 Å². The minimum atomic E-state index is -4.76. The molecule has 0 aliphatic rings. The summed E-state index contributed by atoms with van der Waals surface area (Å²) in [5.41, 5.74) is -0.264. The van der Waals surface area contributed by atoms with Gasteiger partial charge in [-0.15, -0.1) is 11.3 Å². The molecule has 110 valence electrons. The first kappa shape index (κ1) is 15.0. The number of halogens is 3. The van der Waals surface area contributed by atoms with Gasteiger partial charge in [0.25, 0.3) is 10.0 Å². The third kappa shape index (κ3) is 3.19. The second kappa shape index (κ2) is 5.19. The fraction of sp³-hybridized carbons (Fsp3) is 0.300. The van der Waals surface area contributed by atoms with E-state index in [1.54, 1.807) is 4.72 Å². The van der Waals surface area contributed by atoms with E-state index in [9.17, 15) is 21.6 Å². The lowest BCUT2D eigenvalue weighted by atomic mass is 10.2. The van der Waals surface area contributed by atoms with E-state index in [0.29, 0.717) is 0 Å². The van der Waals surface area contributed by atoms with Crippen molar-refractivity contribution in [3.8, 4) is 0 Å². The Morgan fingerprint density at radius 3 is 2.60 bits per heavy atom. The fourth-order valence-corrected chi connectivity index (χ4v) is 3.76. The van der Waals surface area contributed by atoms with Crippen LogP contribution in [0.15, 0.2) is 34.1 Å². The number of aromatic nitrogens is 2. The van der Waals surface area contributed by atoms with Gasteiger partial charge in [-0.2, -0.15) is 23.0 Å². The summed E-state index contributed by atoms with van der Waals surface area (Å²) in [7, 11) is -2.78. The zero-order valence-electron chi connectivity index (χ0n) is 10.1. The van der Waals surface area contributed by atoms with Gasteiger partial charge in [-0.25, -0.2) is 8.42 Å². The Hall–Kier alpha value is -1.39. The summed E-state index contributed by atoms with van der Waals surface area (Å²) in [6, 6.07) is 0.360. The van der Waals surface area contributed by atoms with Crippen LogP contribution in [0.4, 0.5) is 13.2 Å². The van der Waals surface area contributed by atoms with Crippen LogP contribution in [-0.2, 0) is 17.1 Å². The molecule has 2 heterocycles. The average molecular weight is 325 g/mol. The molecule has 20 heavy (non-hydrogen) atoms. The lowest BCUT2D eigenvalue weighted by Crippen LogP contribution is -2.37. The molecule has 0 amide bonds. The number of hydrogen-bond donors (Lipinski definition) is 1. The SMILES string of the molecule is Cn1cc([C@@H](NS(=O)(=O)c2cccs2)C(F)(F)F)cn1. The fourth-order valence-electron chi connectivity index (χ4n) is 1.54. The Morgan fingerprint density at radius 1 is 1.45 bits per heavy atom. The molecule has 2 aromatic heterocycles. The van der Waals surface area contributed by atoms with Crippen LogP contribution in [0.2, 0.25) is 0 Å². The van der Waals surface area contributed by atoms with Crippen molar-refractivity contribution in [1.82, 2.24) is 14.5 Å². The van der Waals surface area contributed by atoms with Gasteiger partial charge in [0.2, 0.25) is 0 Å². The predicted molar refractivity (Wildman–Crippen MR) is 66.6 cm³/mol. The minimum absolute atomic E-state index is 0.171. The molecule has 0 fully saturated rings. The highest BCUT2D eigenvalue weighted by Crippen LogP contribution is 2.34. The van der Waals surface area contributed by atoms with Gasteiger partial charge in [0.1, 0.15) is 10.3 Å². The quantitative estimate of drug-likeness (QED) is 0.936. The molecule has 5 nitrogen and oxygen atoms in total. The summed E-state index contributed by atoms with van der Waals surface area (Å²) in [5.74, 6) is 0. The molecular formula is C10H10F3N3O2S2. The van der Waals surface area contributed by atoms with E-state index in [-0.39, 0.29) is 9.77 Å². The van der Waals surface area contributed by atoms with Crippen molar-refractivity contribution in [3.63, 3.8) is 0 Å². The molecule has 1 atom stereocenters. The maximum Gasteiger partial charge on any atom is 0.409 e. The number of alkyl halides is 3. The van der Waals surface area contributed by atoms with Crippen molar-refractivity contribution in [2.75, 3.05) is 0 Å². The molecule has 0 bridgehead atoms. The van der Waals surface area contributed by atoms with Gasteiger partial charge in [0.05, 0.1) is 6.20 Å². The maximum atomic E-state index is 13.0. The largest absolute Gasteiger partial charge is 0.409 e. The zero-order valence-corrected chi connectivity index (χ0v) is 11.8. The van der Waals surface area contributed by atoms with Gasteiger partial charge in [-0.05, 0) is 11.4 Å². The standard InChI is InChI=1S/C10H10F3N3O2S2/c1-16-6-7(5-14-16)9(10(11,12)13)15-20(17,18)8-3-2-4-19-8/h2-6,9,15H,1H3/t9-/m1/s1. The molecule has 10 heteroatoms. The monoisotopic (exact) mass is 325 g/mol. The number of hydrogen-bond acceptors (Lipinski definition) is 4. The topological polar surface area (TPSA) is 64.0 Å². The molecule has 0 spiro atoms. The summed E-state index contributed by atoms with van der Waals surface area (Å²) >= 11 is 0.844. The first-order valence-electron chi connectivity index (χ1n) is 5.31. The predicted octanol–water partition coefficient (Wildman–Crippen LogP) is 2.06. The van der Waals surface area contributed by atoms with E-state index in [2.05, 4.69) is 5.10 Å². The molecule has 0 unspecified atom stereocenters. The van der Waals surface area contributed by atoms with Crippen LogP contribution in [0.25, 0.3) is 0 Å². The lowest BCUT2D eigenvalue weighted by Gasteiger charge is -2.19. The third-order valence-corrected chi connectivity index (χ3v) is 5.24. The van der Waals surface area contributed by atoms with Crippen molar-refractivity contribution >= 4 is 21.4 Å². The van der Waals surface area contributed by atoms with Crippen LogP contribution in [0, 0.1) is 0 Å². The van der Waals surface area contributed by atoms with E-state index in [0.717, 1.165) is 23.7 Å². The number of thiophene rings is 1. The summed E-state index contributed by atoms with van der Waals surface area (Å²) in [4.78, 5) is 0. The van der Waals surface area contributed by atoms with Gasteiger partial charge in [0, 0.05) is 18.8 Å². The van der Waals surface area contributed by atoms with Gasteiger partial charge in [0.15, 0.2) is 0 Å². The van der Waals surface area contributed by atoms with Crippen LogP contribution < -0.4 is 4.72 Å². The van der Waals surface area contributed by atoms with Crippen molar-refractivity contribution < 1.29 is 21.6 Å². The summed E-state index contributed by atoms with van der Waals surface area (Å²) < 4.78 is 65.6. The molecule has 0 aliphatic carbocycles. The van der Waals surface area contributed by atoms with E-state index >= 15 is 0 Å². The number of nitrogens with zero attached hydrogens (tertiary/aromatic N) is 2. The molecule has 2 rings (SSSR count). The Labute approximate surface area is 117 Å². The van der Waals surface area contributed by atoms with Crippen LogP contribution in [0.1, 0.15) is 11.6 Å². The van der Waals surface area contributed by atoms with Crippen molar-refractivity contribution in [3.05, 3.63) is 35.5 Å². The number of nitrogens with one attached hydrogen (secondary N) is 1. The van der Waals surface area contributed by atoms with E-state index in [1.807, 2.05) is 0 Å². The van der Waals surface area contributed by atoms with Crippen molar-refractivity contribution in [1.29, 1.82) is 0 Å². The van der Waals surface area contributed by atoms with Crippen LogP contribution in [0.3, 0.4) is 0 Å². The van der Waals surface area contributed by atoms with E-state index in [4.69, 9.17) is 0 Å². The minimum Gasteiger partial charge on any atom is -0.275 e. The summed E-state index contributed by atoms with van der Waals surface area (Å²) in [5, 5.41) is 5.10. The molecule has 0 saturated heterocycles. The van der Waals surface area contributed by atoms with Crippen LogP contribution in [0.5, 0.6) is 0 Å². The Morgan fingerprint density at radius 2 is 2.15 bits per heavy atom. The second-order valence-corrected chi connectivity index (χ2v) is 6.86. The Kier molecular flexibility index (Phi) is 3.89. The molecule has 0 saturated carbocycles. The Balaban J connectivity index is 2.35. The molecular weight excluding hydrogens is 315 g/mol. The van der Waals surface area contributed by atoms with Crippen molar-refractivity contribution in [2.24, 2.45) is 7.05 Å². The maximum absolute atomic E-state index is 13.0. The van der Waals surface area contributed by atoms with Crippen molar-refractivity contribution in [2.45, 2.75) is 16.4 Å². The van der Waals surface area contributed by atoms with Gasteiger partial charge in [-0.3, -0.25) is 4.68 Å². The lowest BCUT2D eigenvalue weighted by molar-refractivity contribution is -0.153. The number of rotatable bonds is 4. The molecule has 0 aliphatic heterocycles. The second-order valence-electron chi connectivity index (χ2n) is 3.98. The first-order chi connectivity index (χ1) is 9.20. The highest BCUT2D eigenvalue weighted by atomic mass is 32.2. The van der Waals surface area contributed by atoms with Gasteiger partial charge >= 0.3 is 6.18 Å². The van der Waals surface area contributed by atoms with Gasteiger partial charge in [-0.1, -0.05) is 6.07 Å². The number of sulfonamides is 1. The van der Waals surface area contributed by atoms with Gasteiger partial charge < -0.3 is 0 Å². The first-order valence-corrected chi connectivity index (χ1v) is 7.67. The molecule has 2 aromatic rings. The van der Waals surface area contributed by atoms with Crippen LogP contribution >= 0.6 is 11.3 Å². The van der Waals surface area contributed by atoms with Crippen LogP contribution in [-0.4, -0.2) is 24.4 Å². The smallest absolute Gasteiger partial charge is 0.275 e. The highest BCUT2D eigenvalue weighted by molar-refractivity contribution is 7.91. The zero-order chi connectivity index (χ0) is 15.0. The number of aryl methyl sites for hydroxylation is 1.